The lowest BCUT2D eigenvalue weighted by Crippen LogP contribution is -2.19. The smallest absolute Gasteiger partial charge is 0.261 e. The molecule has 0 spiro atoms. The standard InChI is InChI=1S/C19H15Cl2N3O2S2/c20-17-11-8-15(12-18(17)21)24-28(25,26)16-9-6-14(7-10-16)23-19(27)22-13-4-2-1-3-5-13/h1-12,24H,(H2,22,23,27). The van der Waals surface area contributed by atoms with Crippen molar-refractivity contribution in [2.45, 2.75) is 4.90 Å². The van der Waals surface area contributed by atoms with Crippen LogP contribution in [-0.4, -0.2) is 13.5 Å². The lowest BCUT2D eigenvalue weighted by molar-refractivity contribution is 0.601. The SMILES string of the molecule is O=S(=O)(Nc1ccc(Cl)c(Cl)c1)c1ccc(NC(=S)Nc2ccccc2)cc1. The van der Waals surface area contributed by atoms with Crippen LogP contribution in [0.3, 0.4) is 0 Å². The predicted molar refractivity (Wildman–Crippen MR) is 120 cm³/mol. The number of sulfonamides is 1. The molecule has 3 rings (SSSR count). The Morgan fingerprint density at radius 2 is 1.32 bits per heavy atom. The first kappa shape index (κ1) is 20.4. The number of hydrogen-bond donors (Lipinski definition) is 3. The second-order valence-corrected chi connectivity index (χ2v) is 8.61. The van der Waals surface area contributed by atoms with E-state index >= 15 is 0 Å². The minimum Gasteiger partial charge on any atom is -0.332 e. The summed E-state index contributed by atoms with van der Waals surface area (Å²) >= 11 is 17.0. The minimum atomic E-state index is -3.76. The van der Waals surface area contributed by atoms with Crippen LogP contribution in [0.15, 0.2) is 77.7 Å². The van der Waals surface area contributed by atoms with Crippen molar-refractivity contribution in [3.05, 3.63) is 82.8 Å². The number of hydrogen-bond acceptors (Lipinski definition) is 3. The van der Waals surface area contributed by atoms with Crippen LogP contribution in [0, 0.1) is 0 Å². The fraction of sp³-hybridized carbons (Fsp3) is 0. The van der Waals surface area contributed by atoms with Crippen molar-refractivity contribution < 1.29 is 8.42 Å². The van der Waals surface area contributed by atoms with Gasteiger partial charge in [0.2, 0.25) is 0 Å². The third kappa shape index (κ3) is 5.36. The van der Waals surface area contributed by atoms with E-state index in [1.807, 2.05) is 30.3 Å². The molecule has 9 heteroatoms. The summed E-state index contributed by atoms with van der Waals surface area (Å²) in [5.41, 5.74) is 1.83. The van der Waals surface area contributed by atoms with Gasteiger partial charge in [-0.3, -0.25) is 4.72 Å². The van der Waals surface area contributed by atoms with Crippen molar-refractivity contribution in [2.75, 3.05) is 15.4 Å². The topological polar surface area (TPSA) is 70.2 Å². The lowest BCUT2D eigenvalue weighted by Gasteiger charge is -2.12. The number of anilines is 3. The fourth-order valence-corrected chi connectivity index (χ4v) is 3.89. The summed E-state index contributed by atoms with van der Waals surface area (Å²) in [5.74, 6) is 0. The molecule has 3 aromatic carbocycles. The van der Waals surface area contributed by atoms with Gasteiger partial charge in [0.1, 0.15) is 0 Å². The molecule has 0 bridgehead atoms. The maximum atomic E-state index is 12.5. The molecule has 0 fully saturated rings. The quantitative estimate of drug-likeness (QED) is 0.440. The van der Waals surface area contributed by atoms with Gasteiger partial charge < -0.3 is 10.6 Å². The number of thiocarbonyl (C=S) groups is 1. The van der Waals surface area contributed by atoms with Crippen molar-refractivity contribution >= 4 is 67.6 Å². The van der Waals surface area contributed by atoms with Gasteiger partial charge in [-0.2, -0.15) is 0 Å². The van der Waals surface area contributed by atoms with Gasteiger partial charge in [0.05, 0.1) is 20.6 Å². The van der Waals surface area contributed by atoms with Crippen molar-refractivity contribution in [1.82, 2.24) is 0 Å². The molecular formula is C19H15Cl2N3O2S2. The molecule has 0 heterocycles. The predicted octanol–water partition coefficient (Wildman–Crippen LogP) is 5.60. The summed E-state index contributed by atoms with van der Waals surface area (Å²) in [7, 11) is -3.76. The Morgan fingerprint density at radius 3 is 1.93 bits per heavy atom. The second-order valence-electron chi connectivity index (χ2n) is 5.70. The summed E-state index contributed by atoms with van der Waals surface area (Å²) in [6.07, 6.45) is 0. The Labute approximate surface area is 178 Å². The van der Waals surface area contributed by atoms with Crippen LogP contribution in [0.4, 0.5) is 17.1 Å². The van der Waals surface area contributed by atoms with E-state index in [0.717, 1.165) is 5.69 Å². The monoisotopic (exact) mass is 451 g/mol. The molecule has 0 amide bonds. The van der Waals surface area contributed by atoms with Crippen molar-refractivity contribution in [3.8, 4) is 0 Å². The number of rotatable bonds is 5. The van der Waals surface area contributed by atoms with Gasteiger partial charge in [0.15, 0.2) is 5.11 Å². The maximum absolute atomic E-state index is 12.5. The molecule has 0 aliphatic heterocycles. The molecule has 0 unspecified atom stereocenters. The van der Waals surface area contributed by atoms with E-state index in [2.05, 4.69) is 15.4 Å². The van der Waals surface area contributed by atoms with Crippen molar-refractivity contribution in [3.63, 3.8) is 0 Å². The van der Waals surface area contributed by atoms with Crippen LogP contribution < -0.4 is 15.4 Å². The highest BCUT2D eigenvalue weighted by Gasteiger charge is 2.15. The van der Waals surface area contributed by atoms with Crippen molar-refractivity contribution in [2.24, 2.45) is 0 Å². The summed E-state index contributed by atoms with van der Waals surface area (Å²) in [6.45, 7) is 0. The number of para-hydroxylation sites is 1. The van der Waals surface area contributed by atoms with Crippen LogP contribution in [0.25, 0.3) is 0 Å². The maximum Gasteiger partial charge on any atom is 0.261 e. The van der Waals surface area contributed by atoms with Crippen LogP contribution >= 0.6 is 35.4 Å². The van der Waals surface area contributed by atoms with Crippen LogP contribution in [0.1, 0.15) is 0 Å². The number of halogens is 2. The lowest BCUT2D eigenvalue weighted by atomic mass is 10.3. The van der Waals surface area contributed by atoms with Crippen LogP contribution in [0.5, 0.6) is 0 Å². The van der Waals surface area contributed by atoms with E-state index in [1.54, 1.807) is 12.1 Å². The van der Waals surface area contributed by atoms with Crippen LogP contribution in [-0.2, 0) is 10.0 Å². The van der Waals surface area contributed by atoms with Gasteiger partial charge in [-0.15, -0.1) is 0 Å². The zero-order valence-corrected chi connectivity index (χ0v) is 17.5. The summed E-state index contributed by atoms with van der Waals surface area (Å²) in [6, 6.07) is 20.2. The van der Waals surface area contributed by atoms with E-state index in [1.165, 1.54) is 30.3 Å². The zero-order chi connectivity index (χ0) is 20.1. The first-order valence-electron chi connectivity index (χ1n) is 8.04. The number of benzene rings is 3. The minimum absolute atomic E-state index is 0.103. The van der Waals surface area contributed by atoms with E-state index in [-0.39, 0.29) is 9.92 Å². The average Bonchev–Trinajstić information content (AvgIpc) is 2.66. The first-order chi connectivity index (χ1) is 13.3. The Kier molecular flexibility index (Phi) is 6.41. The third-order valence-corrected chi connectivity index (χ3v) is 5.97. The molecular weight excluding hydrogens is 437 g/mol. The molecule has 0 aliphatic rings. The van der Waals surface area contributed by atoms with Gasteiger partial charge >= 0.3 is 0 Å². The second kappa shape index (κ2) is 8.79. The molecule has 5 nitrogen and oxygen atoms in total. The molecule has 0 atom stereocenters. The van der Waals surface area contributed by atoms with E-state index in [4.69, 9.17) is 35.4 Å². The van der Waals surface area contributed by atoms with Crippen molar-refractivity contribution in [1.29, 1.82) is 0 Å². The highest BCUT2D eigenvalue weighted by Crippen LogP contribution is 2.26. The Morgan fingerprint density at radius 1 is 0.750 bits per heavy atom. The van der Waals surface area contributed by atoms with Gasteiger partial charge in [-0.25, -0.2) is 8.42 Å². The molecule has 0 saturated carbocycles. The van der Waals surface area contributed by atoms with E-state index in [0.29, 0.717) is 21.5 Å². The highest BCUT2D eigenvalue weighted by atomic mass is 35.5. The molecule has 0 aromatic heterocycles. The van der Waals surface area contributed by atoms with Gasteiger partial charge in [0, 0.05) is 11.4 Å². The zero-order valence-electron chi connectivity index (χ0n) is 14.3. The third-order valence-electron chi connectivity index (χ3n) is 3.63. The summed E-state index contributed by atoms with van der Waals surface area (Å²) in [4.78, 5) is 0.103. The molecule has 0 saturated heterocycles. The normalized spacial score (nSPS) is 10.9. The Balaban J connectivity index is 1.67. The molecule has 3 N–H and O–H groups in total. The highest BCUT2D eigenvalue weighted by molar-refractivity contribution is 7.92. The first-order valence-corrected chi connectivity index (χ1v) is 10.7. The van der Waals surface area contributed by atoms with Gasteiger partial charge in [-0.05, 0) is 66.8 Å². The van der Waals surface area contributed by atoms with Crippen LogP contribution in [0.2, 0.25) is 10.0 Å². The van der Waals surface area contributed by atoms with E-state index in [9.17, 15) is 8.42 Å². The van der Waals surface area contributed by atoms with Gasteiger partial charge in [-0.1, -0.05) is 41.4 Å². The fourth-order valence-electron chi connectivity index (χ4n) is 2.31. The van der Waals surface area contributed by atoms with E-state index < -0.39 is 10.0 Å². The number of nitrogens with one attached hydrogen (secondary N) is 3. The Hall–Kier alpha value is -2.32. The largest absolute Gasteiger partial charge is 0.332 e. The molecule has 0 radical (unpaired) electrons. The Bertz CT molecular complexity index is 1090. The summed E-state index contributed by atoms with van der Waals surface area (Å²) < 4.78 is 27.5. The summed E-state index contributed by atoms with van der Waals surface area (Å²) in [5, 5.41) is 7.06. The average molecular weight is 452 g/mol. The van der Waals surface area contributed by atoms with Gasteiger partial charge in [0.25, 0.3) is 10.0 Å². The molecule has 0 aliphatic carbocycles. The molecule has 3 aromatic rings. The molecule has 144 valence electrons. The molecule has 28 heavy (non-hydrogen) atoms.